The Hall–Kier alpha value is -2.18. The number of amides is 1. The van der Waals surface area contributed by atoms with Crippen LogP contribution in [0.1, 0.15) is 0 Å². The van der Waals surface area contributed by atoms with Crippen LogP contribution in [0.5, 0.6) is 0 Å². The van der Waals surface area contributed by atoms with Crippen LogP contribution < -0.4 is 10.9 Å². The van der Waals surface area contributed by atoms with Gasteiger partial charge in [-0.1, -0.05) is 0 Å². The van der Waals surface area contributed by atoms with E-state index in [0.717, 1.165) is 4.68 Å². The molecule has 1 amide bonds. The van der Waals surface area contributed by atoms with Crippen molar-refractivity contribution in [1.29, 1.82) is 0 Å². The first-order valence-electron chi connectivity index (χ1n) is 3.59. The summed E-state index contributed by atoms with van der Waals surface area (Å²) >= 11 is 0. The standard InChI is InChI=1S/C7H7N3O4/c1-10-6(12)4(2-3-8-10)9-5(11)7(13)14/h2-3H,1H3,(H,9,11)(H,13,14). The predicted octanol–water partition coefficient (Wildman–Crippen LogP) is -1.20. The van der Waals surface area contributed by atoms with E-state index in [1.54, 1.807) is 0 Å². The number of nitrogens with zero attached hydrogens (tertiary/aromatic N) is 2. The summed E-state index contributed by atoms with van der Waals surface area (Å²) in [4.78, 5) is 32.1. The monoisotopic (exact) mass is 197 g/mol. The molecule has 1 aromatic heterocycles. The van der Waals surface area contributed by atoms with E-state index in [0.29, 0.717) is 0 Å². The third-order valence-corrected chi connectivity index (χ3v) is 1.45. The SMILES string of the molecule is Cn1nccc(NC(=O)C(=O)O)c1=O. The number of carboxylic acid groups (broad SMARTS) is 1. The molecule has 1 rings (SSSR count). The first-order valence-corrected chi connectivity index (χ1v) is 3.59. The fraction of sp³-hybridized carbons (Fsp3) is 0.143. The second-order valence-corrected chi connectivity index (χ2v) is 2.43. The molecule has 0 unspecified atom stereocenters. The maximum atomic E-state index is 11.2. The van der Waals surface area contributed by atoms with Crippen molar-refractivity contribution in [3.63, 3.8) is 0 Å². The zero-order valence-electron chi connectivity index (χ0n) is 7.22. The molecule has 0 fully saturated rings. The molecule has 7 heteroatoms. The molecule has 0 saturated heterocycles. The fourth-order valence-electron chi connectivity index (χ4n) is 0.777. The van der Waals surface area contributed by atoms with Gasteiger partial charge < -0.3 is 10.4 Å². The number of rotatable bonds is 1. The molecule has 2 N–H and O–H groups in total. The number of aliphatic carboxylic acids is 1. The summed E-state index contributed by atoms with van der Waals surface area (Å²) in [5, 5.41) is 13.8. The van der Waals surface area contributed by atoms with E-state index >= 15 is 0 Å². The molecule has 7 nitrogen and oxygen atoms in total. The van der Waals surface area contributed by atoms with Crippen LogP contribution in [0.15, 0.2) is 17.1 Å². The average Bonchev–Trinajstić information content (AvgIpc) is 2.12. The molecule has 0 atom stereocenters. The molecule has 0 saturated carbocycles. The number of nitrogens with one attached hydrogen (secondary N) is 1. The quantitative estimate of drug-likeness (QED) is 0.551. The largest absolute Gasteiger partial charge is 0.474 e. The van der Waals surface area contributed by atoms with Crippen LogP contribution >= 0.6 is 0 Å². The summed E-state index contributed by atoms with van der Waals surface area (Å²) in [6.45, 7) is 0. The first kappa shape index (κ1) is 9.90. The minimum atomic E-state index is -1.65. The molecule has 1 aromatic rings. The Morgan fingerprint density at radius 3 is 2.79 bits per heavy atom. The van der Waals surface area contributed by atoms with Gasteiger partial charge >= 0.3 is 11.9 Å². The highest BCUT2D eigenvalue weighted by Crippen LogP contribution is 1.95. The highest BCUT2D eigenvalue weighted by atomic mass is 16.4. The van der Waals surface area contributed by atoms with Gasteiger partial charge in [-0.15, -0.1) is 0 Å². The van der Waals surface area contributed by atoms with E-state index in [-0.39, 0.29) is 5.69 Å². The van der Waals surface area contributed by atoms with Gasteiger partial charge in [0.05, 0.1) is 0 Å². The molecule has 0 spiro atoms. The fourth-order valence-corrected chi connectivity index (χ4v) is 0.777. The average molecular weight is 197 g/mol. The Labute approximate surface area is 78.0 Å². The lowest BCUT2D eigenvalue weighted by Gasteiger charge is -2.01. The Morgan fingerprint density at radius 2 is 2.21 bits per heavy atom. The van der Waals surface area contributed by atoms with Crippen LogP contribution in [0.4, 0.5) is 5.69 Å². The van der Waals surface area contributed by atoms with Gasteiger partial charge in [0.25, 0.3) is 5.56 Å². The normalized spacial score (nSPS) is 9.50. The van der Waals surface area contributed by atoms with Crippen molar-refractivity contribution in [2.24, 2.45) is 7.05 Å². The van der Waals surface area contributed by atoms with Gasteiger partial charge in [-0.25, -0.2) is 9.48 Å². The van der Waals surface area contributed by atoms with Gasteiger partial charge in [0.2, 0.25) is 0 Å². The van der Waals surface area contributed by atoms with E-state index in [2.05, 4.69) is 5.10 Å². The van der Waals surface area contributed by atoms with Crippen molar-refractivity contribution in [2.75, 3.05) is 5.32 Å². The molecule has 0 aromatic carbocycles. The number of hydrogen-bond acceptors (Lipinski definition) is 4. The maximum Gasteiger partial charge on any atom is 0.394 e. The summed E-state index contributed by atoms with van der Waals surface area (Å²) in [6.07, 6.45) is 1.28. The number of carbonyl (C=O) groups excluding carboxylic acids is 1. The summed E-state index contributed by atoms with van der Waals surface area (Å²) in [5.41, 5.74) is -0.683. The lowest BCUT2D eigenvalue weighted by Crippen LogP contribution is -2.29. The smallest absolute Gasteiger partial charge is 0.394 e. The predicted molar refractivity (Wildman–Crippen MR) is 45.7 cm³/mol. The summed E-state index contributed by atoms with van der Waals surface area (Å²) in [6, 6.07) is 1.23. The van der Waals surface area contributed by atoms with Gasteiger partial charge in [0.1, 0.15) is 5.69 Å². The number of aryl methyl sites for hydroxylation is 1. The number of aromatic nitrogens is 2. The van der Waals surface area contributed by atoms with E-state index in [1.807, 2.05) is 5.32 Å². The van der Waals surface area contributed by atoms with Gasteiger partial charge in [-0.05, 0) is 6.07 Å². The van der Waals surface area contributed by atoms with Crippen molar-refractivity contribution in [1.82, 2.24) is 9.78 Å². The molecular weight excluding hydrogens is 190 g/mol. The van der Waals surface area contributed by atoms with Crippen LogP contribution in [0.2, 0.25) is 0 Å². The summed E-state index contributed by atoms with van der Waals surface area (Å²) in [7, 11) is 1.39. The van der Waals surface area contributed by atoms with Crippen molar-refractivity contribution in [3.05, 3.63) is 22.6 Å². The van der Waals surface area contributed by atoms with Crippen molar-refractivity contribution >= 4 is 17.6 Å². The zero-order valence-corrected chi connectivity index (χ0v) is 7.22. The van der Waals surface area contributed by atoms with E-state index in [9.17, 15) is 14.4 Å². The first-order chi connectivity index (χ1) is 6.52. The molecule has 0 aliphatic carbocycles. The molecule has 0 aliphatic rings. The topological polar surface area (TPSA) is 101 Å². The molecule has 74 valence electrons. The van der Waals surface area contributed by atoms with Gasteiger partial charge in [-0.3, -0.25) is 9.59 Å². The molecular formula is C7H7N3O4. The van der Waals surface area contributed by atoms with Gasteiger partial charge in [0, 0.05) is 13.2 Å². The van der Waals surface area contributed by atoms with E-state index in [4.69, 9.17) is 5.11 Å². The maximum absolute atomic E-state index is 11.2. The Kier molecular flexibility index (Phi) is 2.61. The highest BCUT2D eigenvalue weighted by molar-refractivity contribution is 6.36. The van der Waals surface area contributed by atoms with Crippen LogP contribution in [0.25, 0.3) is 0 Å². The lowest BCUT2D eigenvalue weighted by molar-refractivity contribution is -0.147. The minimum Gasteiger partial charge on any atom is -0.474 e. The number of hydrogen-bond donors (Lipinski definition) is 2. The Morgan fingerprint density at radius 1 is 1.57 bits per heavy atom. The van der Waals surface area contributed by atoms with Crippen LogP contribution in [-0.2, 0) is 16.6 Å². The lowest BCUT2D eigenvalue weighted by atomic mass is 10.4. The molecule has 0 aliphatic heterocycles. The minimum absolute atomic E-state index is 0.116. The third-order valence-electron chi connectivity index (χ3n) is 1.45. The van der Waals surface area contributed by atoms with E-state index < -0.39 is 17.4 Å². The van der Waals surface area contributed by atoms with Gasteiger partial charge in [-0.2, -0.15) is 5.10 Å². The number of anilines is 1. The van der Waals surface area contributed by atoms with Crippen LogP contribution in [0.3, 0.4) is 0 Å². The van der Waals surface area contributed by atoms with Crippen molar-refractivity contribution in [2.45, 2.75) is 0 Å². The molecule has 1 heterocycles. The Bertz CT molecular complexity index is 437. The molecule has 0 bridgehead atoms. The number of carboxylic acids is 1. The van der Waals surface area contributed by atoms with Crippen molar-refractivity contribution < 1.29 is 14.7 Å². The van der Waals surface area contributed by atoms with Crippen molar-refractivity contribution in [3.8, 4) is 0 Å². The van der Waals surface area contributed by atoms with Crippen LogP contribution in [0, 0.1) is 0 Å². The number of carbonyl (C=O) groups is 2. The zero-order chi connectivity index (χ0) is 10.7. The van der Waals surface area contributed by atoms with E-state index in [1.165, 1.54) is 19.3 Å². The summed E-state index contributed by atoms with van der Waals surface area (Å²) < 4.78 is 0.984. The highest BCUT2D eigenvalue weighted by Gasteiger charge is 2.13. The molecule has 0 radical (unpaired) electrons. The summed E-state index contributed by atoms with van der Waals surface area (Å²) in [5.74, 6) is -2.91. The Balaban J connectivity index is 2.99. The van der Waals surface area contributed by atoms with Gasteiger partial charge in [0.15, 0.2) is 0 Å². The molecule has 14 heavy (non-hydrogen) atoms. The second kappa shape index (κ2) is 3.69. The second-order valence-electron chi connectivity index (χ2n) is 2.43. The third kappa shape index (κ3) is 1.94. The van der Waals surface area contributed by atoms with Crippen LogP contribution in [-0.4, -0.2) is 26.8 Å².